The third kappa shape index (κ3) is 5.62. The minimum atomic E-state index is -0.496. The van der Waals surface area contributed by atoms with Gasteiger partial charge >= 0.3 is 6.03 Å². The lowest BCUT2D eigenvalue weighted by Crippen LogP contribution is -2.48. The molecule has 0 saturated carbocycles. The molecule has 1 N–H and O–H groups in total. The smallest absolute Gasteiger partial charge is 0.322 e. The van der Waals surface area contributed by atoms with Gasteiger partial charge in [0.05, 0.1) is 29.1 Å². The third-order valence-corrected chi connectivity index (χ3v) is 7.14. The highest BCUT2D eigenvalue weighted by Gasteiger charge is 2.37. The SMILES string of the molecule is CCCCN(CC(=O)N1c2ccccc2-n2cccc2C1c1ccc(OC)cc1)C(=O)Nc1ccc([N+](=O)[O-])cc1. The molecule has 0 bridgehead atoms. The predicted octanol–water partition coefficient (Wildman–Crippen LogP) is 6.16. The molecule has 10 nitrogen and oxygen atoms in total. The van der Waals surface area contributed by atoms with E-state index in [2.05, 4.69) is 9.88 Å². The summed E-state index contributed by atoms with van der Waals surface area (Å²) in [5.74, 6) is 0.479. The Kier molecular flexibility index (Phi) is 8.00. The number of amides is 3. The van der Waals surface area contributed by atoms with Crippen molar-refractivity contribution in [1.82, 2.24) is 9.47 Å². The van der Waals surface area contributed by atoms with Gasteiger partial charge in [0, 0.05) is 30.6 Å². The number of urea groups is 1. The third-order valence-electron chi connectivity index (χ3n) is 7.14. The maximum Gasteiger partial charge on any atom is 0.322 e. The number of anilines is 2. The Labute approximate surface area is 237 Å². The van der Waals surface area contributed by atoms with Crippen LogP contribution in [0.4, 0.5) is 21.9 Å². The molecule has 210 valence electrons. The molecule has 1 aliphatic rings. The Balaban J connectivity index is 1.47. The molecule has 0 fully saturated rings. The first kappa shape index (κ1) is 27.4. The maximum absolute atomic E-state index is 14.2. The standard InChI is InChI=1S/C31H31N5O5/c1-3-4-19-33(31(38)32-23-13-15-24(16-14-23)36(39)40)21-29(37)35-27-9-6-5-8-26(27)34-20-7-10-28(34)30(35)22-11-17-25(41-2)18-12-22/h5-18,20,30H,3-4,19,21H2,1-2H3,(H,32,38). The number of methoxy groups -OCH3 is 1. The summed E-state index contributed by atoms with van der Waals surface area (Å²) in [6.07, 6.45) is 3.53. The number of nitrogens with zero attached hydrogens (tertiary/aromatic N) is 4. The number of nitro groups is 1. The summed E-state index contributed by atoms with van der Waals surface area (Å²) >= 11 is 0. The van der Waals surface area contributed by atoms with E-state index in [4.69, 9.17) is 4.74 Å². The second-order valence-electron chi connectivity index (χ2n) is 9.74. The first-order valence-electron chi connectivity index (χ1n) is 13.4. The molecule has 0 saturated heterocycles. The largest absolute Gasteiger partial charge is 0.497 e. The van der Waals surface area contributed by atoms with E-state index in [1.165, 1.54) is 29.2 Å². The Bertz CT molecular complexity index is 1550. The number of benzene rings is 3. The van der Waals surface area contributed by atoms with Crippen molar-refractivity contribution in [3.8, 4) is 11.4 Å². The molecule has 0 radical (unpaired) electrons. The predicted molar refractivity (Wildman–Crippen MR) is 157 cm³/mol. The van der Waals surface area contributed by atoms with Crippen molar-refractivity contribution >= 4 is 29.0 Å². The van der Waals surface area contributed by atoms with Crippen LogP contribution in [0.15, 0.2) is 91.1 Å². The van der Waals surface area contributed by atoms with E-state index in [1.807, 2.05) is 73.8 Å². The van der Waals surface area contributed by atoms with E-state index in [-0.39, 0.29) is 18.1 Å². The molecule has 41 heavy (non-hydrogen) atoms. The van der Waals surface area contributed by atoms with Crippen LogP contribution in [0.1, 0.15) is 37.1 Å². The Hall–Kier alpha value is -5.12. The van der Waals surface area contributed by atoms with Gasteiger partial charge in [-0.05, 0) is 60.5 Å². The molecule has 3 amide bonds. The molecular formula is C31H31N5O5. The molecular weight excluding hydrogens is 522 g/mol. The normalized spacial score (nSPS) is 13.6. The number of non-ortho nitro benzene ring substituents is 1. The van der Waals surface area contributed by atoms with Crippen molar-refractivity contribution in [2.24, 2.45) is 0 Å². The number of hydrogen-bond donors (Lipinski definition) is 1. The van der Waals surface area contributed by atoms with Crippen molar-refractivity contribution in [1.29, 1.82) is 0 Å². The number of unbranched alkanes of at least 4 members (excludes halogenated alkanes) is 1. The van der Waals surface area contributed by atoms with Crippen LogP contribution < -0.4 is 15.0 Å². The van der Waals surface area contributed by atoms with Gasteiger partial charge in [0.1, 0.15) is 18.3 Å². The van der Waals surface area contributed by atoms with Crippen molar-refractivity contribution in [3.63, 3.8) is 0 Å². The highest BCUT2D eigenvalue weighted by molar-refractivity contribution is 6.01. The molecule has 1 unspecified atom stereocenters. The van der Waals surface area contributed by atoms with Gasteiger partial charge in [-0.15, -0.1) is 0 Å². The quantitative estimate of drug-likeness (QED) is 0.197. The minimum absolute atomic E-state index is 0.0703. The topological polar surface area (TPSA) is 110 Å². The molecule has 1 aromatic heterocycles. The number of fused-ring (bicyclic) bond motifs is 3. The number of carbonyl (C=O) groups is 2. The highest BCUT2D eigenvalue weighted by atomic mass is 16.6. The fourth-order valence-corrected chi connectivity index (χ4v) is 5.07. The minimum Gasteiger partial charge on any atom is -0.497 e. The summed E-state index contributed by atoms with van der Waals surface area (Å²) in [5.41, 5.74) is 3.79. The highest BCUT2D eigenvalue weighted by Crippen LogP contribution is 2.42. The van der Waals surface area contributed by atoms with Gasteiger partial charge < -0.3 is 19.5 Å². The summed E-state index contributed by atoms with van der Waals surface area (Å²) in [6.45, 7) is 2.24. The van der Waals surface area contributed by atoms with Crippen molar-refractivity contribution < 1.29 is 19.2 Å². The molecule has 0 aliphatic carbocycles. The molecule has 10 heteroatoms. The zero-order chi connectivity index (χ0) is 28.9. The van der Waals surface area contributed by atoms with Crippen LogP contribution in [0.25, 0.3) is 5.69 Å². The number of nitrogens with one attached hydrogen (secondary N) is 1. The van der Waals surface area contributed by atoms with E-state index >= 15 is 0 Å². The number of ether oxygens (including phenoxy) is 1. The number of hydrogen-bond acceptors (Lipinski definition) is 5. The molecule has 4 aromatic rings. The maximum atomic E-state index is 14.2. The van der Waals surface area contributed by atoms with Gasteiger partial charge in [-0.3, -0.25) is 19.8 Å². The lowest BCUT2D eigenvalue weighted by atomic mass is 9.97. The van der Waals surface area contributed by atoms with Crippen LogP contribution in [-0.2, 0) is 4.79 Å². The van der Waals surface area contributed by atoms with Gasteiger partial charge in [-0.25, -0.2) is 4.79 Å². The Morgan fingerprint density at radius 2 is 1.68 bits per heavy atom. The van der Waals surface area contributed by atoms with Gasteiger partial charge in [0.25, 0.3) is 5.69 Å². The van der Waals surface area contributed by atoms with Crippen LogP contribution >= 0.6 is 0 Å². The summed E-state index contributed by atoms with van der Waals surface area (Å²) in [4.78, 5) is 41.4. The van der Waals surface area contributed by atoms with E-state index in [0.29, 0.717) is 24.4 Å². The molecule has 0 spiro atoms. The zero-order valence-corrected chi connectivity index (χ0v) is 22.9. The molecule has 1 aliphatic heterocycles. The average molecular weight is 554 g/mol. The first-order chi connectivity index (χ1) is 19.9. The van der Waals surface area contributed by atoms with Gasteiger partial charge in [-0.1, -0.05) is 37.6 Å². The first-order valence-corrected chi connectivity index (χ1v) is 13.4. The van der Waals surface area contributed by atoms with Crippen LogP contribution in [0.3, 0.4) is 0 Å². The van der Waals surface area contributed by atoms with E-state index in [9.17, 15) is 19.7 Å². The monoisotopic (exact) mass is 553 g/mol. The van der Waals surface area contributed by atoms with Crippen LogP contribution in [-0.4, -0.2) is 46.5 Å². The number of carbonyl (C=O) groups excluding carboxylic acids is 2. The van der Waals surface area contributed by atoms with E-state index in [1.54, 1.807) is 12.0 Å². The van der Waals surface area contributed by atoms with Crippen molar-refractivity contribution in [2.45, 2.75) is 25.8 Å². The van der Waals surface area contributed by atoms with Gasteiger partial charge in [-0.2, -0.15) is 0 Å². The summed E-state index contributed by atoms with van der Waals surface area (Å²) in [6, 6.07) is 24.1. The van der Waals surface area contributed by atoms with E-state index in [0.717, 1.165) is 29.1 Å². The van der Waals surface area contributed by atoms with Gasteiger partial charge in [0.15, 0.2) is 0 Å². The van der Waals surface area contributed by atoms with Crippen LogP contribution in [0.5, 0.6) is 5.75 Å². The summed E-state index contributed by atoms with van der Waals surface area (Å²) < 4.78 is 7.44. The second kappa shape index (κ2) is 12.0. The van der Waals surface area contributed by atoms with Crippen LogP contribution in [0.2, 0.25) is 0 Å². The van der Waals surface area contributed by atoms with Crippen molar-refractivity contribution in [3.05, 3.63) is 112 Å². The summed E-state index contributed by atoms with van der Waals surface area (Å²) in [5, 5.41) is 13.8. The average Bonchev–Trinajstić information content (AvgIpc) is 3.49. The number of para-hydroxylation sites is 2. The number of rotatable bonds is 9. The molecule has 2 heterocycles. The second-order valence-corrected chi connectivity index (χ2v) is 9.74. The lowest BCUT2D eigenvalue weighted by Gasteiger charge is -2.39. The van der Waals surface area contributed by atoms with Crippen molar-refractivity contribution in [2.75, 3.05) is 30.4 Å². The number of aromatic nitrogens is 1. The molecule has 1 atom stereocenters. The molecule has 5 rings (SSSR count). The zero-order valence-electron chi connectivity index (χ0n) is 22.9. The number of nitro benzene ring substituents is 1. The van der Waals surface area contributed by atoms with Gasteiger partial charge in [0.2, 0.25) is 5.91 Å². The summed E-state index contributed by atoms with van der Waals surface area (Å²) in [7, 11) is 1.61. The molecule has 3 aromatic carbocycles. The lowest BCUT2D eigenvalue weighted by molar-refractivity contribution is -0.384. The fraction of sp³-hybridized carbons (Fsp3) is 0.226. The van der Waals surface area contributed by atoms with Crippen LogP contribution in [0, 0.1) is 10.1 Å². The Morgan fingerprint density at radius 3 is 2.34 bits per heavy atom. The van der Waals surface area contributed by atoms with E-state index < -0.39 is 17.0 Å². The Morgan fingerprint density at radius 1 is 0.976 bits per heavy atom. The fourth-order valence-electron chi connectivity index (χ4n) is 5.07.